The molecule has 124 valence electrons. The van der Waals surface area contributed by atoms with Gasteiger partial charge in [-0.1, -0.05) is 28.1 Å². The van der Waals surface area contributed by atoms with Crippen LogP contribution < -0.4 is 15.4 Å². The van der Waals surface area contributed by atoms with E-state index in [0.717, 1.165) is 27.0 Å². The number of ether oxygens (including phenoxy) is 1. The Hall–Kier alpha value is -2.54. The van der Waals surface area contributed by atoms with Gasteiger partial charge >= 0.3 is 0 Å². The Morgan fingerprint density at radius 2 is 1.92 bits per heavy atom. The predicted octanol–water partition coefficient (Wildman–Crippen LogP) is 3.80. The first kappa shape index (κ1) is 16.3. The fraction of sp³-hybridized carbons (Fsp3) is 0.176. The van der Waals surface area contributed by atoms with Gasteiger partial charge in [0.15, 0.2) is 0 Å². The van der Waals surface area contributed by atoms with Crippen molar-refractivity contribution in [2.24, 2.45) is 0 Å². The van der Waals surface area contributed by atoms with Crippen molar-refractivity contribution < 1.29 is 4.74 Å². The summed E-state index contributed by atoms with van der Waals surface area (Å²) in [4.78, 5) is 4.03. The second-order valence-electron chi connectivity index (χ2n) is 5.19. The van der Waals surface area contributed by atoms with E-state index in [0.29, 0.717) is 19.0 Å². The summed E-state index contributed by atoms with van der Waals surface area (Å²) < 4.78 is 6.43. The molecule has 0 aliphatic rings. The van der Waals surface area contributed by atoms with Crippen molar-refractivity contribution in [3.05, 3.63) is 64.4 Å². The Morgan fingerprint density at radius 1 is 1.08 bits per heavy atom. The van der Waals surface area contributed by atoms with Crippen LogP contribution in [0.3, 0.4) is 0 Å². The molecule has 3 N–H and O–H groups in total. The zero-order valence-electron chi connectivity index (χ0n) is 13.2. The predicted molar refractivity (Wildman–Crippen MR) is 98.2 cm³/mol. The number of hydrogen-bond acceptors (Lipinski definition) is 5. The van der Waals surface area contributed by atoms with Crippen LogP contribution in [-0.4, -0.2) is 22.3 Å². The van der Waals surface area contributed by atoms with Gasteiger partial charge in [-0.15, -0.1) is 0 Å². The third kappa shape index (κ3) is 4.26. The second-order valence-corrected chi connectivity index (χ2v) is 6.11. The van der Waals surface area contributed by atoms with Crippen molar-refractivity contribution in [1.29, 1.82) is 0 Å². The molecule has 0 aliphatic carbocycles. The molecule has 0 saturated carbocycles. The Morgan fingerprint density at radius 3 is 2.62 bits per heavy atom. The molecule has 24 heavy (non-hydrogen) atoms. The van der Waals surface area contributed by atoms with Gasteiger partial charge in [-0.2, -0.15) is 5.10 Å². The van der Waals surface area contributed by atoms with Gasteiger partial charge in [-0.05, 0) is 35.9 Å². The lowest BCUT2D eigenvalue weighted by Gasteiger charge is -2.12. The van der Waals surface area contributed by atoms with Gasteiger partial charge in [0.25, 0.3) is 0 Å². The Kier molecular flexibility index (Phi) is 5.32. The topological polar surface area (TPSA) is 74.9 Å². The lowest BCUT2D eigenvalue weighted by molar-refractivity contribution is 0.410. The number of hydrogen-bond donors (Lipinski definition) is 3. The monoisotopic (exact) mass is 387 g/mol. The lowest BCUT2D eigenvalue weighted by atomic mass is 10.1. The van der Waals surface area contributed by atoms with Crippen LogP contribution in [0.25, 0.3) is 0 Å². The number of H-pyrrole nitrogens is 1. The normalized spacial score (nSPS) is 10.4. The molecule has 6 nitrogen and oxygen atoms in total. The summed E-state index contributed by atoms with van der Waals surface area (Å²) in [5, 5.41) is 13.2. The van der Waals surface area contributed by atoms with Crippen LogP contribution in [-0.2, 0) is 13.1 Å². The number of benzene rings is 2. The number of rotatable bonds is 7. The van der Waals surface area contributed by atoms with Gasteiger partial charge in [-0.25, -0.2) is 10.1 Å². The highest BCUT2D eigenvalue weighted by atomic mass is 79.9. The number of aromatic nitrogens is 3. The van der Waals surface area contributed by atoms with Crippen molar-refractivity contribution in [3.8, 4) is 5.75 Å². The highest BCUT2D eigenvalue weighted by Crippen LogP contribution is 2.24. The van der Waals surface area contributed by atoms with E-state index in [-0.39, 0.29) is 0 Å². The highest BCUT2D eigenvalue weighted by molar-refractivity contribution is 9.10. The molecule has 0 radical (unpaired) electrons. The molecule has 0 atom stereocenters. The minimum Gasteiger partial charge on any atom is -0.496 e. The largest absolute Gasteiger partial charge is 0.496 e. The molecule has 1 heterocycles. The van der Waals surface area contributed by atoms with Gasteiger partial charge in [0.05, 0.1) is 7.11 Å². The average Bonchev–Trinajstić information content (AvgIpc) is 3.13. The minimum absolute atomic E-state index is 0.666. The van der Waals surface area contributed by atoms with Crippen molar-refractivity contribution in [2.75, 3.05) is 17.7 Å². The van der Waals surface area contributed by atoms with Gasteiger partial charge in [-0.3, -0.25) is 0 Å². The number of aromatic amines is 1. The molecule has 0 bridgehead atoms. The second kappa shape index (κ2) is 7.83. The van der Waals surface area contributed by atoms with Crippen LogP contribution in [0.15, 0.2) is 53.3 Å². The van der Waals surface area contributed by atoms with E-state index in [4.69, 9.17) is 4.74 Å². The van der Waals surface area contributed by atoms with Gasteiger partial charge in [0.1, 0.15) is 12.1 Å². The molecular formula is C17H18BrN5O. The Balaban J connectivity index is 1.57. The Labute approximate surface area is 148 Å². The van der Waals surface area contributed by atoms with Crippen molar-refractivity contribution in [1.82, 2.24) is 15.2 Å². The number of halogens is 1. The fourth-order valence-electron chi connectivity index (χ4n) is 2.30. The third-order valence-corrected chi connectivity index (χ3v) is 4.05. The van der Waals surface area contributed by atoms with Crippen LogP contribution in [0.1, 0.15) is 11.1 Å². The zero-order chi connectivity index (χ0) is 16.8. The third-order valence-electron chi connectivity index (χ3n) is 3.55. The van der Waals surface area contributed by atoms with E-state index in [1.54, 1.807) is 7.11 Å². The molecular weight excluding hydrogens is 370 g/mol. The van der Waals surface area contributed by atoms with E-state index in [1.165, 1.54) is 6.33 Å². The van der Waals surface area contributed by atoms with Crippen LogP contribution in [0, 0.1) is 0 Å². The standard InChI is InChI=1S/C17H18BrN5O/c1-24-16-7-4-14(18)8-13(16)10-19-15-5-2-12(3-6-15)9-20-17-21-11-22-23-17/h2-8,11,19H,9-10H2,1H3,(H2,20,21,22,23). The number of anilines is 2. The molecule has 3 aromatic rings. The maximum absolute atomic E-state index is 5.39. The SMILES string of the molecule is COc1ccc(Br)cc1CNc1ccc(CNc2ncn[nH]2)cc1. The van der Waals surface area contributed by atoms with Gasteiger partial charge in [0.2, 0.25) is 5.95 Å². The van der Waals surface area contributed by atoms with Crippen LogP contribution in [0.4, 0.5) is 11.6 Å². The number of nitrogens with zero attached hydrogens (tertiary/aromatic N) is 2. The van der Waals surface area contributed by atoms with Crippen LogP contribution in [0.5, 0.6) is 5.75 Å². The zero-order valence-corrected chi connectivity index (χ0v) is 14.8. The summed E-state index contributed by atoms with van der Waals surface area (Å²) in [5.41, 5.74) is 3.32. The quantitative estimate of drug-likeness (QED) is 0.574. The van der Waals surface area contributed by atoms with Gasteiger partial charge < -0.3 is 15.4 Å². The van der Waals surface area contributed by atoms with E-state index in [9.17, 15) is 0 Å². The molecule has 0 spiro atoms. The number of nitrogens with one attached hydrogen (secondary N) is 3. The van der Waals surface area contributed by atoms with Crippen LogP contribution >= 0.6 is 15.9 Å². The lowest BCUT2D eigenvalue weighted by Crippen LogP contribution is -2.03. The van der Waals surface area contributed by atoms with E-state index in [2.05, 4.69) is 72.1 Å². The summed E-state index contributed by atoms with van der Waals surface area (Å²) in [7, 11) is 1.68. The maximum Gasteiger partial charge on any atom is 0.218 e. The van der Waals surface area contributed by atoms with Crippen molar-refractivity contribution in [2.45, 2.75) is 13.1 Å². The summed E-state index contributed by atoms with van der Waals surface area (Å²) in [5.74, 6) is 1.54. The van der Waals surface area contributed by atoms with E-state index >= 15 is 0 Å². The molecule has 0 aliphatic heterocycles. The molecule has 0 unspecified atom stereocenters. The van der Waals surface area contributed by atoms with E-state index < -0.39 is 0 Å². The van der Waals surface area contributed by atoms with Crippen LogP contribution in [0.2, 0.25) is 0 Å². The Bertz CT molecular complexity index is 774. The summed E-state index contributed by atoms with van der Waals surface area (Å²) >= 11 is 3.49. The average molecular weight is 388 g/mol. The van der Waals surface area contributed by atoms with Crippen molar-refractivity contribution >= 4 is 27.6 Å². The first-order valence-electron chi connectivity index (χ1n) is 7.49. The summed E-state index contributed by atoms with van der Waals surface area (Å²) in [6.07, 6.45) is 1.48. The highest BCUT2D eigenvalue weighted by Gasteiger charge is 2.04. The molecule has 1 aromatic heterocycles. The number of methoxy groups -OCH3 is 1. The smallest absolute Gasteiger partial charge is 0.218 e. The maximum atomic E-state index is 5.39. The minimum atomic E-state index is 0.666. The first-order valence-corrected chi connectivity index (χ1v) is 8.28. The molecule has 3 rings (SSSR count). The molecule has 2 aromatic carbocycles. The molecule has 7 heteroatoms. The fourth-order valence-corrected chi connectivity index (χ4v) is 2.71. The summed E-state index contributed by atoms with van der Waals surface area (Å²) in [6, 6.07) is 14.2. The molecule has 0 fully saturated rings. The van der Waals surface area contributed by atoms with Gasteiger partial charge in [0, 0.05) is 28.8 Å². The molecule has 0 saturated heterocycles. The van der Waals surface area contributed by atoms with E-state index in [1.807, 2.05) is 12.1 Å². The van der Waals surface area contributed by atoms with Crippen molar-refractivity contribution in [3.63, 3.8) is 0 Å². The molecule has 0 amide bonds. The summed E-state index contributed by atoms with van der Waals surface area (Å²) in [6.45, 7) is 1.38. The first-order chi connectivity index (χ1) is 11.7.